The van der Waals surface area contributed by atoms with E-state index in [4.69, 9.17) is 0 Å². The first-order valence-corrected chi connectivity index (χ1v) is 6.07. The highest BCUT2D eigenvalue weighted by molar-refractivity contribution is 5.75. The molecule has 2 heteroatoms. The van der Waals surface area contributed by atoms with Gasteiger partial charge in [-0.05, 0) is 29.0 Å². The van der Waals surface area contributed by atoms with Crippen LogP contribution in [0.3, 0.4) is 0 Å². The van der Waals surface area contributed by atoms with Crippen molar-refractivity contribution in [3.8, 4) is 0 Å². The smallest absolute Gasteiger partial charge is 0.150 e. The molecular formula is C15H20O2. The molecular weight excluding hydrogens is 212 g/mol. The van der Waals surface area contributed by atoms with E-state index in [0.717, 1.165) is 18.3 Å². The van der Waals surface area contributed by atoms with E-state index in [0.29, 0.717) is 5.56 Å². The third kappa shape index (κ3) is 1.81. The molecule has 0 radical (unpaired) electrons. The minimum atomic E-state index is -0.369. The average molecular weight is 232 g/mol. The van der Waals surface area contributed by atoms with Gasteiger partial charge in [-0.2, -0.15) is 0 Å². The fourth-order valence-electron chi connectivity index (χ4n) is 2.79. The van der Waals surface area contributed by atoms with Gasteiger partial charge in [0.05, 0.1) is 6.10 Å². The number of benzene rings is 1. The molecule has 0 amide bonds. The zero-order valence-electron chi connectivity index (χ0n) is 10.9. The van der Waals surface area contributed by atoms with Gasteiger partial charge in [0.15, 0.2) is 0 Å². The van der Waals surface area contributed by atoms with E-state index in [-0.39, 0.29) is 16.9 Å². The van der Waals surface area contributed by atoms with Crippen molar-refractivity contribution in [1.82, 2.24) is 0 Å². The summed E-state index contributed by atoms with van der Waals surface area (Å²) in [7, 11) is 0. The monoisotopic (exact) mass is 232 g/mol. The molecule has 1 aliphatic carbocycles. The van der Waals surface area contributed by atoms with Gasteiger partial charge in [0.1, 0.15) is 6.29 Å². The number of fused-ring (bicyclic) bond motifs is 1. The normalized spacial score (nSPS) is 25.1. The Morgan fingerprint density at radius 1 is 1.24 bits per heavy atom. The Morgan fingerprint density at radius 2 is 1.88 bits per heavy atom. The molecule has 17 heavy (non-hydrogen) atoms. The van der Waals surface area contributed by atoms with Crippen LogP contribution in [0.1, 0.15) is 55.6 Å². The van der Waals surface area contributed by atoms with Crippen LogP contribution >= 0.6 is 0 Å². The van der Waals surface area contributed by atoms with Gasteiger partial charge < -0.3 is 5.11 Å². The quantitative estimate of drug-likeness (QED) is 0.756. The zero-order valence-corrected chi connectivity index (χ0v) is 10.9. The summed E-state index contributed by atoms with van der Waals surface area (Å²) >= 11 is 0. The largest absolute Gasteiger partial charge is 0.392 e. The van der Waals surface area contributed by atoms with Gasteiger partial charge in [0, 0.05) is 11.0 Å². The third-order valence-corrected chi connectivity index (χ3v) is 4.14. The molecule has 0 saturated carbocycles. The lowest BCUT2D eigenvalue weighted by molar-refractivity contribution is 0.0582. The van der Waals surface area contributed by atoms with E-state index in [2.05, 4.69) is 13.8 Å². The topological polar surface area (TPSA) is 37.3 Å². The van der Waals surface area contributed by atoms with Gasteiger partial charge in [-0.25, -0.2) is 0 Å². The lowest BCUT2D eigenvalue weighted by Gasteiger charge is -2.45. The molecule has 1 unspecified atom stereocenters. The molecule has 1 aromatic carbocycles. The average Bonchev–Trinajstić information content (AvgIpc) is 2.26. The molecule has 0 fully saturated rings. The van der Waals surface area contributed by atoms with Crippen molar-refractivity contribution in [2.75, 3.05) is 0 Å². The highest BCUT2D eigenvalue weighted by Crippen LogP contribution is 2.45. The molecule has 0 heterocycles. The molecule has 1 N–H and O–H groups in total. The first-order chi connectivity index (χ1) is 7.79. The number of carbonyl (C=O) groups excluding carboxylic acids is 1. The Hall–Kier alpha value is -1.15. The van der Waals surface area contributed by atoms with Crippen molar-refractivity contribution < 1.29 is 9.90 Å². The van der Waals surface area contributed by atoms with E-state index in [9.17, 15) is 9.90 Å². The summed E-state index contributed by atoms with van der Waals surface area (Å²) in [5, 5.41) is 10.3. The molecule has 0 saturated heterocycles. The lowest BCUT2D eigenvalue weighted by atomic mass is 9.61. The van der Waals surface area contributed by atoms with Crippen LogP contribution in [0.15, 0.2) is 18.2 Å². The first kappa shape index (κ1) is 12.3. The Bertz CT molecular complexity index is 458. The number of aliphatic hydroxyl groups is 1. The predicted molar refractivity (Wildman–Crippen MR) is 68.5 cm³/mol. The van der Waals surface area contributed by atoms with Gasteiger partial charge in [-0.1, -0.05) is 39.8 Å². The van der Waals surface area contributed by atoms with Crippen molar-refractivity contribution >= 4 is 6.29 Å². The number of hydrogen-bond acceptors (Lipinski definition) is 2. The van der Waals surface area contributed by atoms with Crippen LogP contribution in [0, 0.1) is 0 Å². The molecule has 1 atom stereocenters. The molecule has 1 aromatic rings. The van der Waals surface area contributed by atoms with Gasteiger partial charge in [0.25, 0.3) is 0 Å². The number of aliphatic hydroxyl groups excluding tert-OH is 1. The van der Waals surface area contributed by atoms with E-state index in [1.807, 2.05) is 32.0 Å². The molecule has 2 rings (SSSR count). The van der Waals surface area contributed by atoms with Crippen molar-refractivity contribution in [3.05, 3.63) is 34.9 Å². The second kappa shape index (κ2) is 3.67. The molecule has 2 nitrogen and oxygen atoms in total. The van der Waals surface area contributed by atoms with Crippen LogP contribution in [0.25, 0.3) is 0 Å². The number of carbonyl (C=O) groups is 1. The van der Waals surface area contributed by atoms with E-state index in [1.165, 1.54) is 5.56 Å². The summed E-state index contributed by atoms with van der Waals surface area (Å²) in [6, 6.07) is 5.82. The van der Waals surface area contributed by atoms with Gasteiger partial charge in [-0.15, -0.1) is 0 Å². The minimum absolute atomic E-state index is 0.0360. The Labute approximate surface area is 103 Å². The fraction of sp³-hybridized carbons (Fsp3) is 0.533. The highest BCUT2D eigenvalue weighted by Gasteiger charge is 2.43. The Morgan fingerprint density at radius 3 is 2.47 bits per heavy atom. The van der Waals surface area contributed by atoms with Crippen LogP contribution in [0.2, 0.25) is 0 Å². The molecule has 92 valence electrons. The standard InChI is InChI=1S/C15H20O2/c1-14(2)8-13(17)15(3,4)12-7-10(9-16)5-6-11(12)14/h5-7,9,13,17H,8H2,1-4H3. The summed E-state index contributed by atoms with van der Waals surface area (Å²) in [6.07, 6.45) is 1.25. The van der Waals surface area contributed by atoms with E-state index in [1.54, 1.807) is 0 Å². The molecule has 0 spiro atoms. The molecule has 1 aliphatic rings. The Balaban J connectivity index is 2.68. The SMILES string of the molecule is CC1(C)CC(O)C(C)(C)c2cc(C=O)ccc21. The second-order valence-electron chi connectivity index (χ2n) is 6.25. The van der Waals surface area contributed by atoms with E-state index >= 15 is 0 Å². The summed E-state index contributed by atoms with van der Waals surface area (Å²) in [5.74, 6) is 0. The summed E-state index contributed by atoms with van der Waals surface area (Å²) in [4.78, 5) is 10.9. The van der Waals surface area contributed by atoms with Crippen molar-refractivity contribution in [3.63, 3.8) is 0 Å². The van der Waals surface area contributed by atoms with Crippen LogP contribution < -0.4 is 0 Å². The summed E-state index contributed by atoms with van der Waals surface area (Å²) in [5.41, 5.74) is 2.71. The molecule has 0 aromatic heterocycles. The van der Waals surface area contributed by atoms with Crippen molar-refractivity contribution in [1.29, 1.82) is 0 Å². The molecule has 0 aliphatic heterocycles. The van der Waals surface area contributed by atoms with Crippen molar-refractivity contribution in [2.45, 2.75) is 51.0 Å². The summed E-state index contributed by atoms with van der Waals surface area (Å²) < 4.78 is 0. The van der Waals surface area contributed by atoms with Crippen LogP contribution in [-0.2, 0) is 10.8 Å². The number of aldehydes is 1. The zero-order chi connectivity index (χ0) is 12.8. The maximum atomic E-state index is 10.9. The minimum Gasteiger partial charge on any atom is -0.392 e. The lowest BCUT2D eigenvalue weighted by Crippen LogP contribution is -2.45. The van der Waals surface area contributed by atoms with Crippen LogP contribution in [0.4, 0.5) is 0 Å². The maximum Gasteiger partial charge on any atom is 0.150 e. The van der Waals surface area contributed by atoms with Crippen LogP contribution in [-0.4, -0.2) is 17.5 Å². The highest BCUT2D eigenvalue weighted by atomic mass is 16.3. The second-order valence-corrected chi connectivity index (χ2v) is 6.25. The number of hydrogen-bond donors (Lipinski definition) is 1. The van der Waals surface area contributed by atoms with E-state index < -0.39 is 0 Å². The van der Waals surface area contributed by atoms with Crippen molar-refractivity contribution in [2.24, 2.45) is 0 Å². The third-order valence-electron chi connectivity index (χ3n) is 4.14. The fourth-order valence-corrected chi connectivity index (χ4v) is 2.79. The van der Waals surface area contributed by atoms with Crippen LogP contribution in [0.5, 0.6) is 0 Å². The summed E-state index contributed by atoms with van der Waals surface area (Å²) in [6.45, 7) is 8.37. The van der Waals surface area contributed by atoms with Gasteiger partial charge >= 0.3 is 0 Å². The molecule has 0 bridgehead atoms. The Kier molecular flexibility index (Phi) is 2.66. The van der Waals surface area contributed by atoms with Gasteiger partial charge in [-0.3, -0.25) is 4.79 Å². The maximum absolute atomic E-state index is 10.9. The predicted octanol–water partition coefficient (Wildman–Crippen LogP) is 2.82. The number of rotatable bonds is 1. The van der Waals surface area contributed by atoms with Gasteiger partial charge in [0.2, 0.25) is 0 Å². The first-order valence-electron chi connectivity index (χ1n) is 6.07.